The van der Waals surface area contributed by atoms with Gasteiger partial charge in [-0.1, -0.05) is 58.4 Å². The van der Waals surface area contributed by atoms with Gasteiger partial charge < -0.3 is 0 Å². The second-order valence-corrected chi connectivity index (χ2v) is 6.37. The van der Waals surface area contributed by atoms with Crippen molar-refractivity contribution in [3.05, 3.63) is 77.0 Å². The van der Waals surface area contributed by atoms with Gasteiger partial charge in [-0.15, -0.1) is 0 Å². The molecular weight excluding hydrogens is 350 g/mol. The summed E-state index contributed by atoms with van der Waals surface area (Å²) in [7, 11) is 0. The molecule has 0 radical (unpaired) electrons. The zero-order valence-electron chi connectivity index (χ0n) is 12.6. The van der Waals surface area contributed by atoms with Crippen LogP contribution in [0, 0.1) is 6.92 Å². The molecule has 2 aromatic carbocycles. The number of rotatable bonds is 2. The summed E-state index contributed by atoms with van der Waals surface area (Å²) >= 11 is 3.48. The van der Waals surface area contributed by atoms with Crippen LogP contribution in [0.15, 0.2) is 71.3 Å². The predicted octanol–water partition coefficient (Wildman–Crippen LogP) is 5.13. The van der Waals surface area contributed by atoms with Gasteiger partial charge in [-0.3, -0.25) is 0 Å². The van der Waals surface area contributed by atoms with Gasteiger partial charge in [0, 0.05) is 21.3 Å². The van der Waals surface area contributed by atoms with Crippen LogP contribution in [0.1, 0.15) is 5.69 Å². The molecule has 0 N–H and O–H groups in total. The van der Waals surface area contributed by atoms with E-state index in [9.17, 15) is 0 Å². The predicted molar refractivity (Wildman–Crippen MR) is 96.3 cm³/mol. The largest absolute Gasteiger partial charge is 0.233 e. The highest BCUT2D eigenvalue weighted by Gasteiger charge is 2.12. The Morgan fingerprint density at radius 1 is 0.913 bits per heavy atom. The molecule has 0 atom stereocenters. The highest BCUT2D eigenvalue weighted by atomic mass is 79.9. The maximum absolute atomic E-state index is 4.71. The van der Waals surface area contributed by atoms with Gasteiger partial charge in [0.25, 0.3) is 0 Å². The van der Waals surface area contributed by atoms with Gasteiger partial charge in [-0.05, 0) is 30.7 Å². The first kappa shape index (κ1) is 14.2. The Labute approximate surface area is 142 Å². The van der Waals surface area contributed by atoms with Gasteiger partial charge in [0.1, 0.15) is 0 Å². The summed E-state index contributed by atoms with van der Waals surface area (Å²) in [6.45, 7) is 2.02. The maximum Gasteiger partial charge on any atom is 0.163 e. The quantitative estimate of drug-likeness (QED) is 0.493. The summed E-state index contributed by atoms with van der Waals surface area (Å²) in [4.78, 5) is 4.71. The lowest BCUT2D eigenvalue weighted by atomic mass is 10.1. The van der Waals surface area contributed by atoms with Crippen molar-refractivity contribution in [2.24, 2.45) is 0 Å². The fourth-order valence-electron chi connectivity index (χ4n) is 2.73. The van der Waals surface area contributed by atoms with Gasteiger partial charge in [0.05, 0.1) is 11.9 Å². The number of benzene rings is 2. The molecule has 23 heavy (non-hydrogen) atoms. The molecule has 2 aromatic heterocycles. The average Bonchev–Trinajstić information content (AvgIpc) is 2.99. The minimum atomic E-state index is 0.883. The number of nitrogens with zero attached hydrogens (tertiary/aromatic N) is 3. The molecule has 0 unspecified atom stereocenters. The lowest BCUT2D eigenvalue weighted by Gasteiger charge is -2.07. The molecule has 0 amide bonds. The van der Waals surface area contributed by atoms with Crippen molar-refractivity contribution in [1.82, 2.24) is 14.6 Å². The normalized spacial score (nSPS) is 11.0. The third-order valence-electron chi connectivity index (χ3n) is 3.82. The maximum atomic E-state index is 4.71. The minimum Gasteiger partial charge on any atom is -0.233 e. The first-order valence-electron chi connectivity index (χ1n) is 7.39. The lowest BCUT2D eigenvalue weighted by Crippen LogP contribution is -1.98. The van der Waals surface area contributed by atoms with E-state index in [0.29, 0.717) is 0 Å². The first-order chi connectivity index (χ1) is 11.2. The molecule has 0 spiro atoms. The van der Waals surface area contributed by atoms with Crippen LogP contribution in [0.5, 0.6) is 0 Å². The topological polar surface area (TPSA) is 30.2 Å². The fraction of sp³-hybridized carbons (Fsp3) is 0.0526. The monoisotopic (exact) mass is 363 g/mol. The standard InChI is InChI=1S/C19H14BrN3/c1-13-11-18(15-7-9-16(20)10-8-15)23-19(22-13)17(12-21-23)14-5-3-2-4-6-14/h2-12H,1H3. The lowest BCUT2D eigenvalue weighted by molar-refractivity contribution is 0.938. The van der Waals surface area contributed by atoms with Gasteiger partial charge in [-0.2, -0.15) is 5.10 Å². The fourth-order valence-corrected chi connectivity index (χ4v) is 3.00. The third-order valence-corrected chi connectivity index (χ3v) is 4.35. The number of fused-ring (bicyclic) bond motifs is 1. The van der Waals surface area contributed by atoms with E-state index in [1.54, 1.807) is 0 Å². The van der Waals surface area contributed by atoms with E-state index in [2.05, 4.69) is 51.4 Å². The molecule has 0 aliphatic rings. The summed E-state index contributed by atoms with van der Waals surface area (Å²) in [6, 6.07) is 20.6. The molecule has 0 fully saturated rings. The number of halogens is 1. The number of aromatic nitrogens is 3. The van der Waals surface area contributed by atoms with Crippen LogP contribution >= 0.6 is 15.9 Å². The first-order valence-corrected chi connectivity index (χ1v) is 8.18. The summed E-state index contributed by atoms with van der Waals surface area (Å²) in [5.74, 6) is 0. The van der Waals surface area contributed by atoms with Crippen LogP contribution in [0.25, 0.3) is 28.0 Å². The van der Waals surface area contributed by atoms with E-state index in [-0.39, 0.29) is 0 Å². The summed E-state index contributed by atoms with van der Waals surface area (Å²) in [5, 5.41) is 4.58. The van der Waals surface area contributed by atoms with E-state index in [1.807, 2.05) is 48.0 Å². The molecule has 0 saturated carbocycles. The van der Waals surface area contributed by atoms with Crippen LogP contribution in [-0.4, -0.2) is 14.6 Å². The van der Waals surface area contributed by atoms with Crippen LogP contribution in [0.3, 0.4) is 0 Å². The van der Waals surface area contributed by atoms with Crippen molar-refractivity contribution in [3.63, 3.8) is 0 Å². The molecule has 112 valence electrons. The molecule has 4 heteroatoms. The molecule has 4 rings (SSSR count). The summed E-state index contributed by atoms with van der Waals surface area (Å²) in [5.41, 5.74) is 6.20. The van der Waals surface area contributed by atoms with Gasteiger partial charge in [0.2, 0.25) is 0 Å². The Morgan fingerprint density at radius 2 is 1.65 bits per heavy atom. The highest BCUT2D eigenvalue weighted by molar-refractivity contribution is 9.10. The van der Waals surface area contributed by atoms with E-state index in [1.165, 1.54) is 0 Å². The van der Waals surface area contributed by atoms with Crippen molar-refractivity contribution in [1.29, 1.82) is 0 Å². The molecular formula is C19H14BrN3. The van der Waals surface area contributed by atoms with E-state index in [0.717, 1.165) is 38.2 Å². The molecule has 2 heterocycles. The molecule has 0 bridgehead atoms. The Bertz CT molecular complexity index is 973. The Kier molecular flexibility index (Phi) is 3.46. The minimum absolute atomic E-state index is 0.883. The van der Waals surface area contributed by atoms with Crippen molar-refractivity contribution in [2.75, 3.05) is 0 Å². The average molecular weight is 364 g/mol. The van der Waals surface area contributed by atoms with Crippen LogP contribution in [0.2, 0.25) is 0 Å². The molecule has 0 saturated heterocycles. The Balaban J connectivity index is 1.97. The zero-order valence-corrected chi connectivity index (χ0v) is 14.2. The smallest absolute Gasteiger partial charge is 0.163 e. The molecule has 4 aromatic rings. The number of hydrogen-bond donors (Lipinski definition) is 0. The highest BCUT2D eigenvalue weighted by Crippen LogP contribution is 2.28. The zero-order chi connectivity index (χ0) is 15.8. The van der Waals surface area contributed by atoms with Crippen molar-refractivity contribution in [2.45, 2.75) is 6.92 Å². The van der Waals surface area contributed by atoms with Crippen LogP contribution in [-0.2, 0) is 0 Å². The summed E-state index contributed by atoms with van der Waals surface area (Å²) in [6.07, 6.45) is 1.89. The van der Waals surface area contributed by atoms with Gasteiger partial charge in [-0.25, -0.2) is 9.50 Å². The van der Waals surface area contributed by atoms with Crippen LogP contribution < -0.4 is 0 Å². The second-order valence-electron chi connectivity index (χ2n) is 5.45. The Hall–Kier alpha value is -2.46. The summed E-state index contributed by atoms with van der Waals surface area (Å²) < 4.78 is 2.98. The van der Waals surface area contributed by atoms with Crippen molar-refractivity contribution < 1.29 is 0 Å². The van der Waals surface area contributed by atoms with Crippen molar-refractivity contribution in [3.8, 4) is 22.4 Å². The van der Waals surface area contributed by atoms with E-state index < -0.39 is 0 Å². The van der Waals surface area contributed by atoms with E-state index >= 15 is 0 Å². The number of aryl methyl sites for hydroxylation is 1. The van der Waals surface area contributed by atoms with E-state index in [4.69, 9.17) is 4.98 Å². The van der Waals surface area contributed by atoms with Crippen molar-refractivity contribution >= 4 is 21.6 Å². The molecule has 0 aliphatic carbocycles. The van der Waals surface area contributed by atoms with Gasteiger partial charge >= 0.3 is 0 Å². The SMILES string of the molecule is Cc1cc(-c2ccc(Br)cc2)n2ncc(-c3ccccc3)c2n1. The molecule has 3 nitrogen and oxygen atoms in total. The Morgan fingerprint density at radius 3 is 2.39 bits per heavy atom. The second kappa shape index (κ2) is 5.63. The third kappa shape index (κ3) is 2.55. The molecule has 0 aliphatic heterocycles. The van der Waals surface area contributed by atoms with Crippen LogP contribution in [0.4, 0.5) is 0 Å². The number of hydrogen-bond acceptors (Lipinski definition) is 2. The van der Waals surface area contributed by atoms with Gasteiger partial charge in [0.15, 0.2) is 5.65 Å².